The molecule has 1 aromatic carbocycles. The van der Waals surface area contributed by atoms with Gasteiger partial charge < -0.3 is 10.7 Å². The first-order valence-electron chi connectivity index (χ1n) is 3.93. The molecule has 0 aliphatic carbocycles. The van der Waals surface area contributed by atoms with E-state index < -0.39 is 0 Å². The summed E-state index contributed by atoms with van der Waals surface area (Å²) in [5, 5.41) is 0. The SMILES string of the molecule is Nc1ccc(-c2ncc(Br)[nH]2)c(F)c1. The monoisotopic (exact) mass is 255 g/mol. The van der Waals surface area contributed by atoms with Crippen LogP contribution in [0.5, 0.6) is 0 Å². The second-order valence-corrected chi connectivity index (χ2v) is 3.67. The van der Waals surface area contributed by atoms with E-state index in [1.165, 1.54) is 6.07 Å². The van der Waals surface area contributed by atoms with Gasteiger partial charge in [0.2, 0.25) is 0 Å². The second-order valence-electron chi connectivity index (χ2n) is 2.82. The number of hydrogen-bond donors (Lipinski definition) is 2. The predicted molar refractivity (Wildman–Crippen MR) is 56.1 cm³/mol. The molecule has 0 unspecified atom stereocenters. The van der Waals surface area contributed by atoms with Gasteiger partial charge in [0, 0.05) is 5.69 Å². The van der Waals surface area contributed by atoms with Crippen LogP contribution >= 0.6 is 15.9 Å². The number of imidazole rings is 1. The van der Waals surface area contributed by atoms with Crippen LogP contribution in [-0.2, 0) is 0 Å². The number of benzene rings is 1. The maximum absolute atomic E-state index is 13.4. The van der Waals surface area contributed by atoms with Gasteiger partial charge in [0.25, 0.3) is 0 Å². The van der Waals surface area contributed by atoms with E-state index in [1.807, 2.05) is 0 Å². The molecule has 2 rings (SSSR count). The van der Waals surface area contributed by atoms with Gasteiger partial charge in [0.15, 0.2) is 0 Å². The van der Waals surface area contributed by atoms with Crippen molar-refractivity contribution in [3.8, 4) is 11.4 Å². The topological polar surface area (TPSA) is 54.7 Å². The number of rotatable bonds is 1. The van der Waals surface area contributed by atoms with Crippen LogP contribution < -0.4 is 5.73 Å². The van der Waals surface area contributed by atoms with E-state index in [4.69, 9.17) is 5.73 Å². The van der Waals surface area contributed by atoms with Crippen LogP contribution in [-0.4, -0.2) is 9.97 Å². The molecule has 1 heterocycles. The van der Waals surface area contributed by atoms with Crippen molar-refractivity contribution in [2.24, 2.45) is 0 Å². The molecule has 0 spiro atoms. The fraction of sp³-hybridized carbons (Fsp3) is 0. The highest BCUT2D eigenvalue weighted by molar-refractivity contribution is 9.10. The quantitative estimate of drug-likeness (QED) is 0.770. The number of nitrogens with one attached hydrogen (secondary N) is 1. The third-order valence-corrected chi connectivity index (χ3v) is 2.20. The zero-order valence-electron chi connectivity index (χ0n) is 7.09. The Morgan fingerprint density at radius 2 is 2.21 bits per heavy atom. The van der Waals surface area contributed by atoms with Crippen LogP contribution in [0.3, 0.4) is 0 Å². The Hall–Kier alpha value is -1.36. The maximum Gasteiger partial charge on any atom is 0.141 e. The molecule has 0 aliphatic rings. The summed E-state index contributed by atoms with van der Waals surface area (Å²) in [4.78, 5) is 6.87. The highest BCUT2D eigenvalue weighted by atomic mass is 79.9. The van der Waals surface area contributed by atoms with Crippen molar-refractivity contribution in [1.29, 1.82) is 0 Å². The van der Waals surface area contributed by atoms with Gasteiger partial charge in [-0.15, -0.1) is 0 Å². The Morgan fingerprint density at radius 3 is 2.79 bits per heavy atom. The summed E-state index contributed by atoms with van der Waals surface area (Å²) in [6, 6.07) is 4.50. The molecule has 0 fully saturated rings. The lowest BCUT2D eigenvalue weighted by molar-refractivity contribution is 0.631. The number of H-pyrrole nitrogens is 1. The molecule has 0 atom stereocenters. The van der Waals surface area contributed by atoms with E-state index in [1.54, 1.807) is 18.3 Å². The normalized spacial score (nSPS) is 10.4. The van der Waals surface area contributed by atoms with E-state index in [0.717, 1.165) is 0 Å². The molecule has 1 aromatic heterocycles. The number of halogens is 2. The van der Waals surface area contributed by atoms with Crippen LogP contribution in [0.2, 0.25) is 0 Å². The molecule has 0 saturated heterocycles. The Kier molecular flexibility index (Phi) is 2.25. The summed E-state index contributed by atoms with van der Waals surface area (Å²) in [5.41, 5.74) is 6.24. The lowest BCUT2D eigenvalue weighted by Crippen LogP contribution is -1.90. The lowest BCUT2D eigenvalue weighted by atomic mass is 10.2. The molecule has 3 nitrogen and oxygen atoms in total. The maximum atomic E-state index is 13.4. The number of nitrogens with two attached hydrogens (primary N) is 1. The molecule has 0 bridgehead atoms. The van der Waals surface area contributed by atoms with E-state index in [-0.39, 0.29) is 5.82 Å². The van der Waals surface area contributed by atoms with Crippen LogP contribution in [0.1, 0.15) is 0 Å². The summed E-state index contributed by atoms with van der Waals surface area (Å²) in [6.45, 7) is 0. The van der Waals surface area contributed by atoms with E-state index in [0.29, 0.717) is 21.7 Å². The smallest absolute Gasteiger partial charge is 0.141 e. The zero-order chi connectivity index (χ0) is 10.1. The molecule has 0 aliphatic heterocycles. The van der Waals surface area contributed by atoms with Gasteiger partial charge in [-0.3, -0.25) is 0 Å². The first-order chi connectivity index (χ1) is 6.66. The minimum Gasteiger partial charge on any atom is -0.399 e. The Balaban J connectivity index is 2.52. The van der Waals surface area contributed by atoms with Crippen molar-refractivity contribution < 1.29 is 4.39 Å². The average molecular weight is 256 g/mol. The molecule has 14 heavy (non-hydrogen) atoms. The van der Waals surface area contributed by atoms with Gasteiger partial charge in [-0.25, -0.2) is 9.37 Å². The minimum absolute atomic E-state index is 0.383. The van der Waals surface area contributed by atoms with Crippen molar-refractivity contribution in [2.75, 3.05) is 5.73 Å². The van der Waals surface area contributed by atoms with Crippen molar-refractivity contribution >= 4 is 21.6 Å². The summed E-state index contributed by atoms with van der Waals surface area (Å²) < 4.78 is 14.1. The van der Waals surface area contributed by atoms with Crippen LogP contribution in [0, 0.1) is 5.82 Å². The van der Waals surface area contributed by atoms with Crippen LogP contribution in [0.15, 0.2) is 29.0 Å². The first kappa shape index (κ1) is 9.21. The number of anilines is 1. The second kappa shape index (κ2) is 3.42. The Labute approximate surface area is 88.3 Å². The summed E-state index contributed by atoms with van der Waals surface area (Å²) in [7, 11) is 0. The first-order valence-corrected chi connectivity index (χ1v) is 4.72. The predicted octanol–water partition coefficient (Wildman–Crippen LogP) is 2.56. The number of nitrogens with zero attached hydrogens (tertiary/aromatic N) is 1. The van der Waals surface area contributed by atoms with E-state index in [9.17, 15) is 4.39 Å². The molecular weight excluding hydrogens is 249 g/mol. The van der Waals surface area contributed by atoms with Crippen molar-refractivity contribution in [3.63, 3.8) is 0 Å². The lowest BCUT2D eigenvalue weighted by Gasteiger charge is -1.99. The minimum atomic E-state index is -0.383. The van der Waals surface area contributed by atoms with Gasteiger partial charge in [-0.1, -0.05) is 0 Å². The van der Waals surface area contributed by atoms with Crippen molar-refractivity contribution in [3.05, 3.63) is 34.8 Å². The van der Waals surface area contributed by atoms with E-state index in [2.05, 4.69) is 25.9 Å². The largest absolute Gasteiger partial charge is 0.399 e. The summed E-state index contributed by atoms with van der Waals surface area (Å²) >= 11 is 3.20. The van der Waals surface area contributed by atoms with Crippen LogP contribution in [0.4, 0.5) is 10.1 Å². The van der Waals surface area contributed by atoms with Crippen molar-refractivity contribution in [1.82, 2.24) is 9.97 Å². The number of aromatic amines is 1. The molecule has 2 aromatic rings. The molecule has 72 valence electrons. The number of nitrogen functional groups attached to an aromatic ring is 1. The third kappa shape index (κ3) is 1.63. The summed E-state index contributed by atoms with van der Waals surface area (Å²) in [5.74, 6) is 0.0984. The molecule has 5 heteroatoms. The van der Waals surface area contributed by atoms with Gasteiger partial charge in [-0.2, -0.15) is 0 Å². The fourth-order valence-corrected chi connectivity index (χ4v) is 1.45. The molecule has 0 amide bonds. The molecular formula is C9H7BrFN3. The standard InChI is InChI=1S/C9H7BrFN3/c10-8-4-13-9(14-8)6-2-1-5(12)3-7(6)11/h1-4H,12H2,(H,13,14). The highest BCUT2D eigenvalue weighted by Gasteiger charge is 2.07. The molecule has 0 radical (unpaired) electrons. The summed E-state index contributed by atoms with van der Waals surface area (Å²) in [6.07, 6.45) is 1.57. The van der Waals surface area contributed by atoms with Gasteiger partial charge in [0.05, 0.1) is 11.8 Å². The van der Waals surface area contributed by atoms with Gasteiger partial charge in [0.1, 0.15) is 16.2 Å². The molecule has 3 N–H and O–H groups in total. The van der Waals surface area contributed by atoms with Gasteiger partial charge in [-0.05, 0) is 34.1 Å². The highest BCUT2D eigenvalue weighted by Crippen LogP contribution is 2.22. The fourth-order valence-electron chi connectivity index (χ4n) is 1.16. The van der Waals surface area contributed by atoms with E-state index >= 15 is 0 Å². The number of aromatic nitrogens is 2. The zero-order valence-corrected chi connectivity index (χ0v) is 8.68. The Morgan fingerprint density at radius 1 is 1.43 bits per heavy atom. The van der Waals surface area contributed by atoms with Crippen molar-refractivity contribution in [2.45, 2.75) is 0 Å². The Bertz CT molecular complexity index is 467. The average Bonchev–Trinajstić information content (AvgIpc) is 2.51. The van der Waals surface area contributed by atoms with Gasteiger partial charge >= 0.3 is 0 Å². The molecule has 0 saturated carbocycles. The number of hydrogen-bond acceptors (Lipinski definition) is 2. The van der Waals surface area contributed by atoms with Crippen LogP contribution in [0.25, 0.3) is 11.4 Å². The third-order valence-electron chi connectivity index (χ3n) is 1.79.